The number of hydrogen-bond acceptors (Lipinski definition) is 4. The molecule has 2 aliphatic rings. The molecule has 0 fully saturated rings. The number of carbonyl (C=O) groups is 1. The second kappa shape index (κ2) is 6.17. The van der Waals surface area contributed by atoms with E-state index in [9.17, 15) is 18.7 Å². The molecule has 0 saturated heterocycles. The number of aliphatic hydroxyl groups excluding tert-OH is 1. The molecule has 4 nitrogen and oxygen atoms in total. The Morgan fingerprint density at radius 1 is 1.31 bits per heavy atom. The van der Waals surface area contributed by atoms with E-state index in [2.05, 4.69) is 5.10 Å². The van der Waals surface area contributed by atoms with Crippen molar-refractivity contribution in [1.82, 2.24) is 5.01 Å². The maximum absolute atomic E-state index is 14.3. The Labute approximate surface area is 153 Å². The predicted octanol–water partition coefficient (Wildman–Crippen LogP) is 3.38. The first-order chi connectivity index (χ1) is 12.4. The van der Waals surface area contributed by atoms with Crippen molar-refractivity contribution in [2.75, 3.05) is 0 Å². The summed E-state index contributed by atoms with van der Waals surface area (Å²) in [6.07, 6.45) is 0.0707. The van der Waals surface area contributed by atoms with E-state index in [0.717, 1.165) is 35.7 Å². The maximum atomic E-state index is 14.3. The highest BCUT2D eigenvalue weighted by Gasteiger charge is 2.52. The molecule has 1 amide bonds. The first-order valence-corrected chi connectivity index (χ1v) is 9.07. The van der Waals surface area contributed by atoms with Gasteiger partial charge in [-0.25, -0.2) is 13.8 Å². The molecule has 2 aromatic rings. The number of fused-ring (bicyclic) bond motifs is 2. The Morgan fingerprint density at radius 2 is 2.08 bits per heavy atom. The lowest BCUT2D eigenvalue weighted by atomic mass is 10.1. The monoisotopic (exact) mass is 374 g/mol. The van der Waals surface area contributed by atoms with Crippen LogP contribution in [0, 0.1) is 11.6 Å². The van der Waals surface area contributed by atoms with Gasteiger partial charge in [0.1, 0.15) is 27.7 Å². The summed E-state index contributed by atoms with van der Waals surface area (Å²) in [4.78, 5) is 11.8. The molecule has 2 unspecified atom stereocenters. The summed E-state index contributed by atoms with van der Waals surface area (Å²) in [5.41, 5.74) is 2.01. The van der Waals surface area contributed by atoms with Gasteiger partial charge >= 0.3 is 0 Å². The van der Waals surface area contributed by atoms with Crippen molar-refractivity contribution in [1.29, 1.82) is 0 Å². The molecule has 134 valence electrons. The third-order valence-corrected chi connectivity index (χ3v) is 6.12. The number of hydrogen-bond donors (Lipinski definition) is 1. The fraction of sp³-hybridized carbons (Fsp3) is 0.263. The number of hydrazone groups is 1. The summed E-state index contributed by atoms with van der Waals surface area (Å²) >= 11 is 1.23. The van der Waals surface area contributed by atoms with E-state index in [1.54, 1.807) is 0 Å². The molecule has 7 heteroatoms. The topological polar surface area (TPSA) is 52.9 Å². The van der Waals surface area contributed by atoms with Crippen molar-refractivity contribution in [2.24, 2.45) is 5.10 Å². The first-order valence-electron chi connectivity index (χ1n) is 8.26. The van der Waals surface area contributed by atoms with Crippen LogP contribution in [0.5, 0.6) is 0 Å². The molecule has 26 heavy (non-hydrogen) atoms. The summed E-state index contributed by atoms with van der Waals surface area (Å²) < 4.78 is 27.9. The number of aliphatic hydroxyl groups is 1. The number of benzene rings is 2. The number of amides is 1. The van der Waals surface area contributed by atoms with Gasteiger partial charge in [0.05, 0.1) is 0 Å². The van der Waals surface area contributed by atoms with Gasteiger partial charge in [0.15, 0.2) is 0 Å². The smallest absolute Gasteiger partial charge is 0.272 e. The zero-order valence-corrected chi connectivity index (χ0v) is 14.8. The van der Waals surface area contributed by atoms with Crippen LogP contribution in [0.25, 0.3) is 0 Å². The molecule has 1 aliphatic heterocycles. The molecule has 1 spiro atoms. The summed E-state index contributed by atoms with van der Waals surface area (Å²) in [6.45, 7) is 1.37. The molecule has 4 rings (SSSR count). The zero-order chi connectivity index (χ0) is 18.5. The summed E-state index contributed by atoms with van der Waals surface area (Å²) in [5, 5.41) is 15.6. The molecular weight excluding hydrogens is 358 g/mol. The lowest BCUT2D eigenvalue weighted by Crippen LogP contribution is -2.44. The summed E-state index contributed by atoms with van der Waals surface area (Å²) in [5.74, 6) is -1.75. The van der Waals surface area contributed by atoms with Crippen LogP contribution < -0.4 is 0 Å². The molecular formula is C19H16F2N2O2S. The van der Waals surface area contributed by atoms with Gasteiger partial charge in [0.25, 0.3) is 5.91 Å². The van der Waals surface area contributed by atoms with Crippen LogP contribution in [0.3, 0.4) is 0 Å². The zero-order valence-electron chi connectivity index (χ0n) is 13.9. The lowest BCUT2D eigenvalue weighted by Gasteiger charge is -2.33. The number of aryl methyl sites for hydroxylation is 1. The molecule has 2 atom stereocenters. The predicted molar refractivity (Wildman–Crippen MR) is 95.5 cm³/mol. The third kappa shape index (κ3) is 2.54. The Balaban J connectivity index is 1.85. The van der Waals surface area contributed by atoms with E-state index in [0.29, 0.717) is 6.42 Å². The van der Waals surface area contributed by atoms with Crippen molar-refractivity contribution in [2.45, 2.75) is 30.7 Å². The summed E-state index contributed by atoms with van der Waals surface area (Å²) in [7, 11) is 0. The van der Waals surface area contributed by atoms with Gasteiger partial charge in [-0.05, 0) is 49.1 Å². The van der Waals surface area contributed by atoms with E-state index in [4.69, 9.17) is 0 Å². The van der Waals surface area contributed by atoms with Crippen molar-refractivity contribution in [3.63, 3.8) is 0 Å². The van der Waals surface area contributed by atoms with Crippen molar-refractivity contribution in [3.8, 4) is 0 Å². The van der Waals surface area contributed by atoms with Crippen LogP contribution in [-0.4, -0.2) is 27.2 Å². The molecule has 0 saturated carbocycles. The Morgan fingerprint density at radius 3 is 2.85 bits per heavy atom. The fourth-order valence-corrected chi connectivity index (χ4v) is 4.89. The standard InChI is InChI=1S/C19H16F2N2O2S/c1-11(24)18(25)23-19(9-8-12-4-2-3-5-15(12)19)26-17(22-23)14-10-13(20)6-7-16(14)21/h2-7,10-11,24H,8-9H2,1H3. The largest absolute Gasteiger partial charge is 0.383 e. The van der Waals surface area contributed by atoms with Crippen molar-refractivity contribution < 1.29 is 18.7 Å². The minimum absolute atomic E-state index is 0.0136. The third-order valence-electron chi connectivity index (χ3n) is 4.69. The SMILES string of the molecule is CC(O)C(=O)N1N=C(c2cc(F)ccc2F)SC12CCc1ccccc12. The van der Waals surface area contributed by atoms with Crippen molar-refractivity contribution >= 4 is 22.7 Å². The van der Waals surface area contributed by atoms with Gasteiger partial charge in [-0.3, -0.25) is 4.79 Å². The highest BCUT2D eigenvalue weighted by molar-refractivity contribution is 8.15. The van der Waals surface area contributed by atoms with E-state index >= 15 is 0 Å². The first kappa shape index (κ1) is 17.2. The summed E-state index contributed by atoms with van der Waals surface area (Å²) in [6, 6.07) is 10.9. The average molecular weight is 374 g/mol. The lowest BCUT2D eigenvalue weighted by molar-refractivity contribution is -0.142. The quantitative estimate of drug-likeness (QED) is 0.877. The van der Waals surface area contributed by atoms with Crippen LogP contribution >= 0.6 is 11.8 Å². The van der Waals surface area contributed by atoms with Crippen LogP contribution in [0.1, 0.15) is 30.0 Å². The van der Waals surface area contributed by atoms with Gasteiger partial charge < -0.3 is 5.11 Å². The normalized spacial score (nSPS) is 22.5. The number of carbonyl (C=O) groups excluding carboxylic acids is 1. The highest BCUT2D eigenvalue weighted by Crippen LogP contribution is 2.55. The van der Waals surface area contributed by atoms with E-state index in [-0.39, 0.29) is 10.6 Å². The maximum Gasteiger partial charge on any atom is 0.272 e. The molecule has 1 heterocycles. The number of thioether (sulfide) groups is 1. The fourth-order valence-electron chi connectivity index (χ4n) is 3.45. The Kier molecular flexibility index (Phi) is 4.08. The van der Waals surface area contributed by atoms with Gasteiger partial charge in [0, 0.05) is 5.56 Å². The molecule has 0 aromatic heterocycles. The second-order valence-electron chi connectivity index (χ2n) is 6.40. The van der Waals surface area contributed by atoms with Gasteiger partial charge in [-0.15, -0.1) is 0 Å². The number of halogens is 2. The molecule has 0 bridgehead atoms. The Hall–Kier alpha value is -2.25. The molecule has 1 aliphatic carbocycles. The van der Waals surface area contributed by atoms with Crippen LogP contribution in [0.15, 0.2) is 47.6 Å². The van der Waals surface area contributed by atoms with Crippen LogP contribution in [0.2, 0.25) is 0 Å². The molecule has 1 N–H and O–H groups in total. The van der Waals surface area contributed by atoms with E-state index in [1.807, 2.05) is 24.3 Å². The second-order valence-corrected chi connectivity index (χ2v) is 7.67. The van der Waals surface area contributed by atoms with Gasteiger partial charge in [0.2, 0.25) is 0 Å². The Bertz CT molecular complexity index is 932. The molecule has 0 radical (unpaired) electrons. The van der Waals surface area contributed by atoms with Crippen molar-refractivity contribution in [3.05, 3.63) is 70.8 Å². The average Bonchev–Trinajstić information content (AvgIpc) is 3.19. The van der Waals surface area contributed by atoms with E-state index < -0.39 is 28.5 Å². The van der Waals surface area contributed by atoms with Crippen LogP contribution in [-0.2, 0) is 16.1 Å². The van der Waals surface area contributed by atoms with Gasteiger partial charge in [-0.1, -0.05) is 36.0 Å². The highest BCUT2D eigenvalue weighted by atomic mass is 32.2. The minimum atomic E-state index is -1.25. The van der Waals surface area contributed by atoms with Crippen LogP contribution in [0.4, 0.5) is 8.78 Å². The van der Waals surface area contributed by atoms with Gasteiger partial charge in [-0.2, -0.15) is 5.10 Å². The number of nitrogens with zero attached hydrogens (tertiary/aromatic N) is 2. The molecule has 2 aromatic carbocycles. The van der Waals surface area contributed by atoms with E-state index in [1.165, 1.54) is 23.7 Å². The number of rotatable bonds is 2. The minimum Gasteiger partial charge on any atom is -0.383 e.